The summed E-state index contributed by atoms with van der Waals surface area (Å²) in [7, 11) is 0. The van der Waals surface area contributed by atoms with Gasteiger partial charge in [-0.1, -0.05) is 49.4 Å². The molecule has 0 saturated carbocycles. The van der Waals surface area contributed by atoms with Crippen LogP contribution in [-0.4, -0.2) is 19.6 Å². The van der Waals surface area contributed by atoms with E-state index in [1.54, 1.807) is 0 Å². The van der Waals surface area contributed by atoms with E-state index in [4.69, 9.17) is 23.2 Å². The maximum absolute atomic E-state index is 6.24. The number of fused-ring (bicyclic) bond motifs is 1. The summed E-state index contributed by atoms with van der Waals surface area (Å²) in [5.74, 6) is 0.442. The van der Waals surface area contributed by atoms with Gasteiger partial charge in [0.1, 0.15) is 16.6 Å². The molecule has 2 aromatic rings. The summed E-state index contributed by atoms with van der Waals surface area (Å²) in [5.41, 5.74) is 0.863. The molecule has 17 heavy (non-hydrogen) atoms. The molecule has 0 aromatic carbocycles. The number of rotatable bonds is 5. The van der Waals surface area contributed by atoms with Gasteiger partial charge >= 0.3 is 0 Å². The molecule has 0 saturated heterocycles. The first-order valence-electron chi connectivity index (χ1n) is 5.77. The minimum atomic E-state index is 0.437. The van der Waals surface area contributed by atoms with E-state index in [9.17, 15) is 0 Å². The van der Waals surface area contributed by atoms with Crippen molar-refractivity contribution in [3.8, 4) is 0 Å². The Bertz CT molecular complexity index is 509. The minimum absolute atomic E-state index is 0.437. The van der Waals surface area contributed by atoms with Gasteiger partial charge in [-0.2, -0.15) is 19.6 Å². The van der Waals surface area contributed by atoms with Gasteiger partial charge in [-0.15, -0.1) is 0 Å². The van der Waals surface area contributed by atoms with Gasteiger partial charge in [-0.25, -0.2) is 0 Å². The Kier molecular flexibility index (Phi) is 4.18. The van der Waals surface area contributed by atoms with Crippen molar-refractivity contribution >= 4 is 29.0 Å². The second-order valence-corrected chi connectivity index (χ2v) is 4.67. The lowest BCUT2D eigenvalue weighted by atomic mass is 10.1. The summed E-state index contributed by atoms with van der Waals surface area (Å²) >= 11 is 12.3. The summed E-state index contributed by atoms with van der Waals surface area (Å²) in [5, 5.41) is 4.98. The molecule has 0 bridgehead atoms. The Morgan fingerprint density at radius 3 is 2.82 bits per heavy atom. The maximum Gasteiger partial charge on any atom is 0.254 e. The van der Waals surface area contributed by atoms with Crippen LogP contribution in [0.2, 0.25) is 10.3 Å². The molecule has 0 fully saturated rings. The Hall–Kier alpha value is -0.870. The third-order valence-electron chi connectivity index (χ3n) is 2.69. The Morgan fingerprint density at radius 2 is 2.06 bits per heavy atom. The summed E-state index contributed by atoms with van der Waals surface area (Å²) in [6, 6.07) is 0. The highest BCUT2D eigenvalue weighted by molar-refractivity contribution is 6.34. The summed E-state index contributed by atoms with van der Waals surface area (Å²) < 4.78 is 1.52. The quantitative estimate of drug-likeness (QED) is 0.618. The van der Waals surface area contributed by atoms with Gasteiger partial charge in [-0.3, -0.25) is 0 Å². The molecule has 2 aromatic heterocycles. The van der Waals surface area contributed by atoms with Crippen molar-refractivity contribution in [1.29, 1.82) is 0 Å². The van der Waals surface area contributed by atoms with Gasteiger partial charge < -0.3 is 0 Å². The van der Waals surface area contributed by atoms with E-state index in [2.05, 4.69) is 22.0 Å². The molecule has 6 heteroatoms. The maximum atomic E-state index is 6.24. The van der Waals surface area contributed by atoms with Crippen LogP contribution in [0.3, 0.4) is 0 Å². The van der Waals surface area contributed by atoms with E-state index < -0.39 is 0 Å². The van der Waals surface area contributed by atoms with Gasteiger partial charge in [0.05, 0.1) is 0 Å². The summed E-state index contributed by atoms with van der Waals surface area (Å²) in [6.45, 7) is 2.18. The second-order valence-electron chi connectivity index (χ2n) is 3.95. The van der Waals surface area contributed by atoms with Crippen LogP contribution in [0.5, 0.6) is 0 Å². The van der Waals surface area contributed by atoms with Gasteiger partial charge in [0.2, 0.25) is 0 Å². The van der Waals surface area contributed by atoms with Crippen molar-refractivity contribution in [2.24, 2.45) is 0 Å². The van der Waals surface area contributed by atoms with Gasteiger partial charge in [0, 0.05) is 5.56 Å². The Labute approximate surface area is 110 Å². The number of hydrogen-bond donors (Lipinski definition) is 0. The van der Waals surface area contributed by atoms with Gasteiger partial charge in [-0.05, 0) is 12.8 Å². The minimum Gasteiger partial charge on any atom is -0.199 e. The first-order chi connectivity index (χ1) is 8.24. The number of halogens is 2. The molecule has 0 N–H and O–H groups in total. The van der Waals surface area contributed by atoms with Crippen molar-refractivity contribution in [3.63, 3.8) is 0 Å². The number of hydrogen-bond acceptors (Lipinski definition) is 3. The van der Waals surface area contributed by atoms with Crippen LogP contribution in [0, 0.1) is 0 Å². The van der Waals surface area contributed by atoms with Gasteiger partial charge in [0.15, 0.2) is 0 Å². The van der Waals surface area contributed by atoms with Crippen molar-refractivity contribution in [2.75, 3.05) is 0 Å². The predicted octanol–water partition coefficient (Wildman–Crippen LogP) is 3.55. The zero-order chi connectivity index (χ0) is 12.3. The monoisotopic (exact) mass is 272 g/mol. The fraction of sp³-hybridized carbons (Fsp3) is 0.545. The van der Waals surface area contributed by atoms with Crippen molar-refractivity contribution in [1.82, 2.24) is 19.6 Å². The molecule has 92 valence electrons. The highest BCUT2D eigenvalue weighted by Gasteiger charge is 2.13. The molecule has 2 rings (SSSR count). The molecule has 0 spiro atoms. The van der Waals surface area contributed by atoms with Crippen molar-refractivity contribution in [3.05, 3.63) is 22.2 Å². The standard InChI is InChI=1S/C11H14Cl2N4/c1-2-3-4-5-6-8-9(12)16-11-14-7-15-17(11)10(8)13/h7H,2-6H2,1H3. The lowest BCUT2D eigenvalue weighted by molar-refractivity contribution is 0.664. The molecule has 0 aliphatic carbocycles. The van der Waals surface area contributed by atoms with E-state index in [0.29, 0.717) is 16.1 Å². The lowest BCUT2D eigenvalue weighted by Gasteiger charge is -2.07. The van der Waals surface area contributed by atoms with E-state index in [-0.39, 0.29) is 0 Å². The van der Waals surface area contributed by atoms with E-state index >= 15 is 0 Å². The fourth-order valence-electron chi connectivity index (χ4n) is 1.75. The average molecular weight is 273 g/mol. The molecule has 0 radical (unpaired) electrons. The van der Waals surface area contributed by atoms with E-state index in [1.165, 1.54) is 30.1 Å². The van der Waals surface area contributed by atoms with E-state index in [0.717, 1.165) is 18.4 Å². The number of aromatic nitrogens is 4. The summed E-state index contributed by atoms with van der Waals surface area (Å²) in [6.07, 6.45) is 6.94. The van der Waals surface area contributed by atoms with Crippen LogP contribution in [0.4, 0.5) is 0 Å². The molecule has 4 nitrogen and oxygen atoms in total. The van der Waals surface area contributed by atoms with Crippen molar-refractivity contribution in [2.45, 2.75) is 39.0 Å². The molecule has 0 aliphatic heterocycles. The highest BCUT2D eigenvalue weighted by Crippen LogP contribution is 2.25. The largest absolute Gasteiger partial charge is 0.254 e. The van der Waals surface area contributed by atoms with Crippen LogP contribution in [0.1, 0.15) is 38.2 Å². The van der Waals surface area contributed by atoms with Crippen LogP contribution in [-0.2, 0) is 6.42 Å². The van der Waals surface area contributed by atoms with Gasteiger partial charge in [0.25, 0.3) is 5.78 Å². The van der Waals surface area contributed by atoms with Crippen LogP contribution < -0.4 is 0 Å². The smallest absolute Gasteiger partial charge is 0.199 e. The molecule has 0 unspecified atom stereocenters. The lowest BCUT2D eigenvalue weighted by Crippen LogP contribution is -2.00. The van der Waals surface area contributed by atoms with Crippen LogP contribution in [0.25, 0.3) is 5.78 Å². The van der Waals surface area contributed by atoms with Crippen molar-refractivity contribution < 1.29 is 0 Å². The molecule has 0 aliphatic rings. The second kappa shape index (κ2) is 5.65. The van der Waals surface area contributed by atoms with E-state index in [1.807, 2.05) is 0 Å². The molecular weight excluding hydrogens is 259 g/mol. The Balaban J connectivity index is 2.20. The Morgan fingerprint density at radius 1 is 1.24 bits per heavy atom. The number of nitrogens with zero attached hydrogens (tertiary/aromatic N) is 4. The molecule has 2 heterocycles. The average Bonchev–Trinajstić information content (AvgIpc) is 2.76. The molecular formula is C11H14Cl2N4. The number of unbranched alkanes of at least 4 members (excludes halogenated alkanes) is 3. The SMILES string of the molecule is CCCCCCc1c(Cl)nc2ncnn2c1Cl. The van der Waals surface area contributed by atoms with Crippen LogP contribution >= 0.6 is 23.2 Å². The fourth-order valence-corrected chi connectivity index (χ4v) is 2.36. The third-order valence-corrected chi connectivity index (χ3v) is 3.39. The van der Waals surface area contributed by atoms with Crippen LogP contribution in [0.15, 0.2) is 6.33 Å². The summed E-state index contributed by atoms with van der Waals surface area (Å²) in [4.78, 5) is 8.13. The first kappa shape index (κ1) is 12.6. The zero-order valence-electron chi connectivity index (χ0n) is 9.66. The highest BCUT2D eigenvalue weighted by atomic mass is 35.5. The molecule has 0 amide bonds. The third kappa shape index (κ3) is 2.69. The normalized spacial score (nSPS) is 11.2. The molecule has 0 atom stereocenters. The predicted molar refractivity (Wildman–Crippen MR) is 68.6 cm³/mol. The first-order valence-corrected chi connectivity index (χ1v) is 6.53. The topological polar surface area (TPSA) is 43.1 Å². The zero-order valence-corrected chi connectivity index (χ0v) is 11.2.